The Kier molecular flexibility index (Phi) is 5.90. The quantitative estimate of drug-likeness (QED) is 0.506. The van der Waals surface area contributed by atoms with Gasteiger partial charge in [-0.1, -0.05) is 45.5 Å². The Balaban J connectivity index is 1.91. The minimum Gasteiger partial charge on any atom is -0.459 e. The van der Waals surface area contributed by atoms with E-state index in [1.165, 1.54) is 22.7 Å². The Morgan fingerprint density at radius 1 is 1.27 bits per heavy atom. The number of halogens is 1. The number of aromatic nitrogens is 1. The number of thiophene rings is 1. The molecule has 1 unspecified atom stereocenters. The minimum absolute atomic E-state index is 0.164. The van der Waals surface area contributed by atoms with Crippen LogP contribution < -0.4 is 14.9 Å². The van der Waals surface area contributed by atoms with Crippen LogP contribution in [0.3, 0.4) is 0 Å². The van der Waals surface area contributed by atoms with Gasteiger partial charge in [-0.25, -0.2) is 9.79 Å². The van der Waals surface area contributed by atoms with Crippen LogP contribution in [0.5, 0.6) is 0 Å². The number of esters is 1. The molecule has 0 amide bonds. The highest BCUT2D eigenvalue weighted by molar-refractivity contribution is 9.10. The van der Waals surface area contributed by atoms with Crippen LogP contribution >= 0.6 is 38.6 Å². The molecule has 0 saturated heterocycles. The average molecular weight is 503 g/mol. The summed E-state index contributed by atoms with van der Waals surface area (Å²) in [4.78, 5) is 32.4. The van der Waals surface area contributed by atoms with E-state index in [1.54, 1.807) is 25.3 Å². The van der Waals surface area contributed by atoms with E-state index in [2.05, 4.69) is 20.9 Å². The number of thiazole rings is 1. The molecule has 0 aliphatic carbocycles. The maximum absolute atomic E-state index is 13.4. The molecule has 1 aliphatic heterocycles. The lowest BCUT2D eigenvalue weighted by atomic mass is 10.0. The van der Waals surface area contributed by atoms with Crippen molar-refractivity contribution in [2.75, 3.05) is 0 Å². The molecule has 154 valence electrons. The number of rotatable bonds is 4. The third-order valence-electron chi connectivity index (χ3n) is 4.56. The lowest BCUT2D eigenvalue weighted by Crippen LogP contribution is -2.39. The van der Waals surface area contributed by atoms with Gasteiger partial charge in [0.1, 0.15) is 6.04 Å². The number of carbonyl (C=O) groups excluding carboxylic acids is 1. The first-order valence-corrected chi connectivity index (χ1v) is 11.9. The first-order valence-electron chi connectivity index (χ1n) is 9.37. The second-order valence-electron chi connectivity index (χ2n) is 7.10. The number of hydrogen-bond acceptors (Lipinski definition) is 6. The summed E-state index contributed by atoms with van der Waals surface area (Å²) in [5, 5.41) is 1.94. The molecule has 3 heterocycles. The topological polar surface area (TPSA) is 60.7 Å². The van der Waals surface area contributed by atoms with Crippen LogP contribution in [0.15, 0.2) is 67.3 Å². The highest BCUT2D eigenvalue weighted by Gasteiger charge is 2.34. The van der Waals surface area contributed by atoms with Crippen LogP contribution in [0.4, 0.5) is 0 Å². The van der Waals surface area contributed by atoms with E-state index in [-0.39, 0.29) is 11.7 Å². The summed E-state index contributed by atoms with van der Waals surface area (Å²) in [7, 11) is 0. The molecule has 0 spiro atoms. The highest BCUT2D eigenvalue weighted by Crippen LogP contribution is 2.33. The summed E-state index contributed by atoms with van der Waals surface area (Å²) < 4.78 is 8.64. The molecule has 4 rings (SSSR count). The van der Waals surface area contributed by atoms with Crippen LogP contribution in [-0.4, -0.2) is 16.6 Å². The van der Waals surface area contributed by atoms with Gasteiger partial charge in [0.2, 0.25) is 0 Å². The van der Waals surface area contributed by atoms with Crippen LogP contribution in [0.25, 0.3) is 6.08 Å². The van der Waals surface area contributed by atoms with E-state index in [0.29, 0.717) is 20.6 Å². The van der Waals surface area contributed by atoms with Gasteiger partial charge in [0, 0.05) is 9.35 Å². The normalized spacial score (nSPS) is 16.6. The van der Waals surface area contributed by atoms with Crippen molar-refractivity contribution in [1.29, 1.82) is 0 Å². The number of hydrogen-bond donors (Lipinski definition) is 0. The van der Waals surface area contributed by atoms with Gasteiger partial charge in [-0.15, -0.1) is 11.3 Å². The molecule has 30 heavy (non-hydrogen) atoms. The van der Waals surface area contributed by atoms with Crippen molar-refractivity contribution >= 4 is 50.6 Å². The Labute approximate surface area is 189 Å². The molecular formula is C22H19BrN2O3S2. The molecular weight excluding hydrogens is 484 g/mol. The Morgan fingerprint density at radius 2 is 2.00 bits per heavy atom. The molecule has 8 heteroatoms. The summed E-state index contributed by atoms with van der Waals surface area (Å²) >= 11 is 6.26. The number of carbonyl (C=O) groups is 1. The maximum atomic E-state index is 13.4. The van der Waals surface area contributed by atoms with Crippen molar-refractivity contribution in [3.8, 4) is 0 Å². The van der Waals surface area contributed by atoms with Crippen molar-refractivity contribution in [2.24, 2.45) is 4.99 Å². The third-order valence-corrected chi connectivity index (χ3v) is 7.00. The van der Waals surface area contributed by atoms with Gasteiger partial charge in [-0.2, -0.15) is 0 Å². The largest absolute Gasteiger partial charge is 0.459 e. The average Bonchev–Trinajstić information content (AvgIpc) is 3.31. The predicted octanol–water partition coefficient (Wildman–Crippen LogP) is 4.01. The smallest absolute Gasteiger partial charge is 0.338 e. The first kappa shape index (κ1) is 21.0. The zero-order valence-corrected chi connectivity index (χ0v) is 19.8. The molecule has 0 N–H and O–H groups in total. The van der Waals surface area contributed by atoms with Crippen LogP contribution in [0.1, 0.15) is 37.3 Å². The Bertz CT molecular complexity index is 1300. The highest BCUT2D eigenvalue weighted by atomic mass is 79.9. The zero-order valence-electron chi connectivity index (χ0n) is 16.6. The van der Waals surface area contributed by atoms with Crippen molar-refractivity contribution in [2.45, 2.75) is 32.9 Å². The van der Waals surface area contributed by atoms with Crippen LogP contribution in [-0.2, 0) is 9.53 Å². The van der Waals surface area contributed by atoms with E-state index in [0.717, 1.165) is 14.9 Å². The number of nitrogens with zero attached hydrogens (tertiary/aromatic N) is 2. The van der Waals surface area contributed by atoms with Crippen molar-refractivity contribution in [3.63, 3.8) is 0 Å². The molecule has 3 aromatic rings. The molecule has 0 bridgehead atoms. The summed E-state index contributed by atoms with van der Waals surface area (Å²) in [6.07, 6.45) is 1.59. The van der Waals surface area contributed by atoms with Gasteiger partial charge in [0.25, 0.3) is 5.56 Å². The van der Waals surface area contributed by atoms with Crippen LogP contribution in [0, 0.1) is 0 Å². The van der Waals surface area contributed by atoms with Crippen molar-refractivity contribution < 1.29 is 9.53 Å². The molecule has 1 aromatic carbocycles. The van der Waals surface area contributed by atoms with Crippen molar-refractivity contribution in [3.05, 3.63) is 87.6 Å². The lowest BCUT2D eigenvalue weighted by molar-refractivity contribution is -0.143. The Morgan fingerprint density at radius 3 is 2.63 bits per heavy atom. The number of ether oxygens (including phenoxy) is 1. The van der Waals surface area contributed by atoms with Gasteiger partial charge >= 0.3 is 5.97 Å². The van der Waals surface area contributed by atoms with Crippen molar-refractivity contribution in [1.82, 2.24) is 4.57 Å². The minimum atomic E-state index is -0.542. The van der Waals surface area contributed by atoms with Gasteiger partial charge < -0.3 is 4.74 Å². The molecule has 0 radical (unpaired) electrons. The summed E-state index contributed by atoms with van der Waals surface area (Å²) in [5.74, 6) is -0.438. The molecule has 1 aliphatic rings. The number of fused-ring (bicyclic) bond motifs is 1. The fraction of sp³-hybridized carbons (Fsp3) is 0.227. The molecule has 2 aromatic heterocycles. The van der Waals surface area contributed by atoms with E-state index in [4.69, 9.17) is 4.74 Å². The summed E-state index contributed by atoms with van der Waals surface area (Å²) in [5.41, 5.74) is 1.75. The van der Waals surface area contributed by atoms with Gasteiger partial charge in [0.05, 0.1) is 21.9 Å². The predicted molar refractivity (Wildman–Crippen MR) is 123 cm³/mol. The summed E-state index contributed by atoms with van der Waals surface area (Å²) in [6.45, 7) is 5.41. The zero-order chi connectivity index (χ0) is 21.4. The first-order chi connectivity index (χ1) is 14.3. The van der Waals surface area contributed by atoms with E-state index in [9.17, 15) is 9.59 Å². The number of allylic oxidation sites excluding steroid dienone is 1. The Hall–Kier alpha value is -2.29. The molecule has 0 fully saturated rings. The second kappa shape index (κ2) is 8.45. The second-order valence-corrected chi connectivity index (χ2v) is 10.0. The maximum Gasteiger partial charge on any atom is 0.338 e. The number of benzene rings is 1. The molecule has 0 saturated carbocycles. The van der Waals surface area contributed by atoms with E-state index < -0.39 is 12.0 Å². The fourth-order valence-electron chi connectivity index (χ4n) is 3.29. The van der Waals surface area contributed by atoms with Gasteiger partial charge in [0.15, 0.2) is 4.80 Å². The monoisotopic (exact) mass is 502 g/mol. The standard InChI is InChI=1S/C22H19BrN2O3S2/c1-12(2)28-21(27)18-13(3)24-22-25(19(18)16-5-4-10-29-16)20(26)17(30-22)11-14-6-8-15(23)9-7-14/h4-12,19H,1-3H3. The van der Waals surface area contributed by atoms with Gasteiger partial charge in [-0.3, -0.25) is 9.36 Å². The summed E-state index contributed by atoms with van der Waals surface area (Å²) in [6, 6.07) is 11.1. The molecule has 5 nitrogen and oxygen atoms in total. The molecule has 1 atom stereocenters. The van der Waals surface area contributed by atoms with Gasteiger partial charge in [-0.05, 0) is 56.0 Å². The van der Waals surface area contributed by atoms with Crippen LogP contribution in [0.2, 0.25) is 0 Å². The third kappa shape index (κ3) is 3.99. The fourth-order valence-corrected chi connectivity index (χ4v) is 5.42. The SMILES string of the molecule is CC1=C(C(=O)OC(C)C)C(c2cccs2)n2c(sc(=Cc3ccc(Br)cc3)c2=O)=N1. The lowest BCUT2D eigenvalue weighted by Gasteiger charge is -2.24. The van der Waals surface area contributed by atoms with E-state index in [1.807, 2.05) is 47.9 Å². The van der Waals surface area contributed by atoms with E-state index >= 15 is 0 Å².